The van der Waals surface area contributed by atoms with Crippen molar-refractivity contribution in [3.8, 4) is 0 Å². The molecule has 0 spiro atoms. The molecule has 1 amide bonds. The van der Waals surface area contributed by atoms with Crippen molar-refractivity contribution in [3.63, 3.8) is 0 Å². The fraction of sp³-hybridized carbons (Fsp3) is 0.407. The zero-order valence-electron chi connectivity index (χ0n) is 20.9. The Bertz CT molecular complexity index is 1160. The van der Waals surface area contributed by atoms with Gasteiger partial charge in [-0.25, -0.2) is 4.98 Å². The van der Waals surface area contributed by atoms with Crippen LogP contribution in [0.25, 0.3) is 0 Å². The summed E-state index contributed by atoms with van der Waals surface area (Å²) in [5, 5.41) is 28.4. The molecule has 3 unspecified atom stereocenters. The molecule has 3 atom stereocenters. The highest BCUT2D eigenvalue weighted by atomic mass is 32.2. The highest BCUT2D eigenvalue weighted by Gasteiger charge is 2.32. The fourth-order valence-electron chi connectivity index (χ4n) is 4.10. The number of unbranched alkanes of at least 4 members (excludes halogenated alkanes) is 1. The van der Waals surface area contributed by atoms with Crippen LogP contribution in [0.2, 0.25) is 0 Å². The summed E-state index contributed by atoms with van der Waals surface area (Å²) in [4.78, 5) is 26.8. The predicted molar refractivity (Wildman–Crippen MR) is 140 cm³/mol. The van der Waals surface area contributed by atoms with Crippen molar-refractivity contribution >= 4 is 23.6 Å². The molecule has 0 saturated carbocycles. The van der Waals surface area contributed by atoms with E-state index in [1.165, 1.54) is 6.33 Å². The monoisotopic (exact) mass is 540 g/mol. The first-order valence-corrected chi connectivity index (χ1v) is 13.5. The van der Waals surface area contributed by atoms with Crippen LogP contribution >= 0.6 is 11.8 Å². The van der Waals surface area contributed by atoms with Crippen LogP contribution in [-0.2, 0) is 32.2 Å². The Balaban J connectivity index is 1.36. The van der Waals surface area contributed by atoms with Crippen LogP contribution in [0.1, 0.15) is 66.8 Å². The quantitative estimate of drug-likeness (QED) is 0.187. The minimum Gasteiger partial charge on any atom is -0.481 e. The van der Waals surface area contributed by atoms with Crippen LogP contribution in [0, 0.1) is 0 Å². The largest absolute Gasteiger partial charge is 0.481 e. The molecule has 3 aromatic rings. The maximum absolute atomic E-state index is 12.0. The average Bonchev–Trinajstić information content (AvgIpc) is 3.47. The molecule has 0 aliphatic carbocycles. The summed E-state index contributed by atoms with van der Waals surface area (Å²) in [5.74, 6) is -0.264. The van der Waals surface area contributed by atoms with E-state index in [0.29, 0.717) is 38.0 Å². The Labute approximate surface area is 225 Å². The number of benzene rings is 2. The summed E-state index contributed by atoms with van der Waals surface area (Å²) >= 11 is 1.54. The number of H-pyrrole nitrogens is 1. The number of aliphatic hydroxyl groups is 1. The number of hydrogen-bond acceptors (Lipinski definition) is 8. The Morgan fingerprint density at radius 3 is 2.39 bits per heavy atom. The van der Waals surface area contributed by atoms with Crippen molar-refractivity contribution in [2.75, 3.05) is 5.75 Å². The number of aromatic nitrogens is 3. The number of aromatic amines is 1. The fourth-order valence-corrected chi connectivity index (χ4v) is 4.90. The van der Waals surface area contributed by atoms with Crippen molar-refractivity contribution in [2.45, 2.75) is 68.9 Å². The van der Waals surface area contributed by atoms with Gasteiger partial charge in [0.05, 0.1) is 18.8 Å². The molecule has 1 aliphatic rings. The van der Waals surface area contributed by atoms with Crippen LogP contribution in [0.4, 0.5) is 0 Å². The second-order valence-electron chi connectivity index (χ2n) is 9.07. The molecular formula is C27H32N4O6S. The van der Waals surface area contributed by atoms with Gasteiger partial charge in [0.15, 0.2) is 11.4 Å². The van der Waals surface area contributed by atoms with E-state index in [1.807, 2.05) is 48.5 Å². The molecule has 1 saturated heterocycles. The van der Waals surface area contributed by atoms with Gasteiger partial charge in [-0.2, -0.15) is 5.10 Å². The van der Waals surface area contributed by atoms with E-state index in [4.69, 9.17) is 14.6 Å². The highest BCUT2D eigenvalue weighted by Crippen LogP contribution is 2.39. The highest BCUT2D eigenvalue weighted by molar-refractivity contribution is 7.99. The Morgan fingerprint density at radius 1 is 1.00 bits per heavy atom. The molecule has 4 N–H and O–H groups in total. The van der Waals surface area contributed by atoms with Crippen molar-refractivity contribution in [3.05, 3.63) is 77.1 Å². The third-order valence-corrected chi connectivity index (χ3v) is 7.21. The first-order valence-electron chi connectivity index (χ1n) is 12.6. The van der Waals surface area contributed by atoms with Gasteiger partial charge in [0, 0.05) is 37.1 Å². The summed E-state index contributed by atoms with van der Waals surface area (Å²) in [6.07, 6.45) is 2.74. The minimum atomic E-state index is -0.845. The van der Waals surface area contributed by atoms with Gasteiger partial charge in [-0.15, -0.1) is 0 Å². The Hall–Kier alpha value is -3.25. The lowest BCUT2D eigenvalue weighted by atomic mass is 10.0. The van der Waals surface area contributed by atoms with Crippen molar-refractivity contribution in [1.82, 2.24) is 20.5 Å². The molecule has 1 aliphatic heterocycles. The number of carbonyl (C=O) groups excluding carboxylic acids is 1. The van der Waals surface area contributed by atoms with E-state index in [1.54, 1.807) is 11.8 Å². The van der Waals surface area contributed by atoms with Crippen LogP contribution in [0.15, 0.2) is 60.0 Å². The van der Waals surface area contributed by atoms with Gasteiger partial charge in [0.25, 0.3) is 0 Å². The Kier molecular flexibility index (Phi) is 10.3. The molecule has 11 heteroatoms. The van der Waals surface area contributed by atoms with Crippen LogP contribution < -0.4 is 5.32 Å². The first-order chi connectivity index (χ1) is 18.5. The lowest BCUT2D eigenvalue weighted by Crippen LogP contribution is -2.31. The van der Waals surface area contributed by atoms with E-state index >= 15 is 0 Å². The zero-order chi connectivity index (χ0) is 26.7. The molecule has 38 heavy (non-hydrogen) atoms. The molecule has 4 rings (SSSR count). The number of amides is 1. The van der Waals surface area contributed by atoms with E-state index in [-0.39, 0.29) is 31.1 Å². The molecule has 2 aromatic carbocycles. The number of carboxylic acid groups (broad SMARTS) is 1. The molecule has 1 aromatic heterocycles. The van der Waals surface area contributed by atoms with Crippen molar-refractivity contribution in [1.29, 1.82) is 0 Å². The normalized spacial score (nSPS) is 19.2. The van der Waals surface area contributed by atoms with Crippen LogP contribution in [0.3, 0.4) is 0 Å². The number of nitrogens with one attached hydrogen (secondary N) is 2. The molecule has 1 fully saturated rings. The third-order valence-electron chi connectivity index (χ3n) is 6.20. The number of nitrogens with zero attached hydrogens (tertiary/aromatic N) is 2. The summed E-state index contributed by atoms with van der Waals surface area (Å²) in [6, 6.07) is 15.5. The molecule has 0 radical (unpaired) electrons. The lowest BCUT2D eigenvalue weighted by Gasteiger charge is -2.36. The minimum absolute atomic E-state index is 0.00842. The lowest BCUT2D eigenvalue weighted by molar-refractivity contribution is -0.245. The zero-order valence-corrected chi connectivity index (χ0v) is 21.7. The van der Waals surface area contributed by atoms with Gasteiger partial charge < -0.3 is 25.0 Å². The van der Waals surface area contributed by atoms with E-state index in [2.05, 4.69) is 20.5 Å². The van der Waals surface area contributed by atoms with Gasteiger partial charge in [0.2, 0.25) is 5.91 Å². The number of hydrogen-bond donors (Lipinski definition) is 4. The van der Waals surface area contributed by atoms with E-state index in [0.717, 1.165) is 27.4 Å². The summed E-state index contributed by atoms with van der Waals surface area (Å²) in [6.45, 7) is 0.381. The molecule has 0 bridgehead atoms. The van der Waals surface area contributed by atoms with Crippen molar-refractivity contribution < 1.29 is 29.3 Å². The van der Waals surface area contributed by atoms with Crippen LogP contribution in [-0.4, -0.2) is 49.1 Å². The predicted octanol–water partition coefficient (Wildman–Crippen LogP) is 3.90. The van der Waals surface area contributed by atoms with Gasteiger partial charge in [0.1, 0.15) is 6.33 Å². The third kappa shape index (κ3) is 8.38. The standard InChI is InChI=1S/C27H32N4O6S/c32-15-19-7-9-20(10-8-19)23-13-22(16-38-27-29-17-30-31-27)36-26(37-23)21-11-5-18(6-12-21)14-28-24(33)3-1-2-4-25(34)35/h5-12,17,22-23,26,32H,1-4,13-16H2,(H,28,33)(H,34,35)(H,29,30,31). The number of thioether (sulfide) groups is 1. The summed E-state index contributed by atoms with van der Waals surface area (Å²) in [5.41, 5.74) is 3.68. The van der Waals surface area contributed by atoms with Gasteiger partial charge in [-0.1, -0.05) is 60.3 Å². The summed E-state index contributed by atoms with van der Waals surface area (Å²) < 4.78 is 12.7. The maximum atomic E-state index is 12.0. The average molecular weight is 541 g/mol. The Morgan fingerprint density at radius 2 is 1.71 bits per heavy atom. The smallest absolute Gasteiger partial charge is 0.303 e. The molecule has 202 valence electrons. The SMILES string of the molecule is O=C(O)CCCCC(=O)NCc1ccc(C2OC(CSc3ncn[nH]3)CC(c3ccc(CO)cc3)O2)cc1. The second-order valence-corrected chi connectivity index (χ2v) is 10.1. The van der Waals surface area contributed by atoms with Crippen molar-refractivity contribution in [2.24, 2.45) is 0 Å². The number of carbonyl (C=O) groups is 2. The number of aliphatic hydroxyl groups excluding tert-OH is 1. The topological polar surface area (TPSA) is 147 Å². The second kappa shape index (κ2) is 14.1. The van der Waals surface area contributed by atoms with E-state index in [9.17, 15) is 14.7 Å². The number of aliphatic carboxylic acids is 1. The van der Waals surface area contributed by atoms with Gasteiger partial charge >= 0.3 is 5.97 Å². The number of ether oxygens (including phenoxy) is 2. The summed E-state index contributed by atoms with van der Waals surface area (Å²) in [7, 11) is 0. The number of carboxylic acids is 1. The maximum Gasteiger partial charge on any atom is 0.303 e. The van der Waals surface area contributed by atoms with Crippen LogP contribution in [0.5, 0.6) is 0 Å². The number of rotatable bonds is 13. The molecule has 2 heterocycles. The molecule has 10 nitrogen and oxygen atoms in total. The van der Waals surface area contributed by atoms with E-state index < -0.39 is 12.3 Å². The molecular weight excluding hydrogens is 508 g/mol. The first kappa shape index (κ1) is 27.8. The van der Waals surface area contributed by atoms with Gasteiger partial charge in [-0.3, -0.25) is 14.7 Å². The van der Waals surface area contributed by atoms with Gasteiger partial charge in [-0.05, 0) is 29.5 Å².